The molecule has 33 heavy (non-hydrogen) atoms. The Morgan fingerprint density at radius 2 is 2.06 bits per heavy atom. The Morgan fingerprint density at radius 1 is 1.33 bits per heavy atom. The van der Waals surface area contributed by atoms with Crippen molar-refractivity contribution in [1.29, 1.82) is 0 Å². The molecule has 9 nitrogen and oxygen atoms in total. The Kier molecular flexibility index (Phi) is 8.90. The molecule has 1 saturated carbocycles. The maximum absolute atomic E-state index is 15.3. The van der Waals surface area contributed by atoms with Crippen LogP contribution in [0.2, 0.25) is 0 Å². The maximum Gasteiger partial charge on any atom is 0.233 e. The molecule has 2 aliphatic rings. The van der Waals surface area contributed by atoms with Gasteiger partial charge in [-0.25, -0.2) is 23.8 Å². The fourth-order valence-electron chi connectivity index (χ4n) is 4.85. The number of nitrogens with zero attached hydrogens (tertiary/aromatic N) is 5. The van der Waals surface area contributed by atoms with E-state index in [-0.39, 0.29) is 42.9 Å². The molecule has 0 unspecified atom stereocenters. The highest BCUT2D eigenvalue weighted by Gasteiger charge is 2.29. The topological polar surface area (TPSA) is 102 Å². The molecule has 3 rings (SSSR count). The van der Waals surface area contributed by atoms with Crippen molar-refractivity contribution in [3.05, 3.63) is 17.3 Å². The molecular formula is C22H34F2N6O3. The third-order valence-electron chi connectivity index (χ3n) is 6.59. The third kappa shape index (κ3) is 6.57. The van der Waals surface area contributed by atoms with Crippen molar-refractivity contribution in [3.63, 3.8) is 0 Å². The minimum absolute atomic E-state index is 0.0160. The van der Waals surface area contributed by atoms with Gasteiger partial charge in [0.1, 0.15) is 12.4 Å². The zero-order valence-corrected chi connectivity index (χ0v) is 19.3. The van der Waals surface area contributed by atoms with Gasteiger partial charge in [-0.15, -0.1) is 0 Å². The van der Waals surface area contributed by atoms with Crippen molar-refractivity contribution < 1.29 is 23.6 Å². The van der Waals surface area contributed by atoms with Gasteiger partial charge in [0.05, 0.1) is 19.0 Å². The van der Waals surface area contributed by atoms with Crippen LogP contribution in [0.15, 0.2) is 0 Å². The Labute approximate surface area is 193 Å². The van der Waals surface area contributed by atoms with E-state index in [2.05, 4.69) is 20.2 Å². The van der Waals surface area contributed by atoms with E-state index >= 15 is 4.39 Å². The molecule has 1 aliphatic carbocycles. The molecule has 1 saturated heterocycles. The summed E-state index contributed by atoms with van der Waals surface area (Å²) < 4.78 is 28.8. The second-order valence-corrected chi connectivity index (χ2v) is 9.19. The summed E-state index contributed by atoms with van der Waals surface area (Å²) in [6.07, 6.45) is 4.99. The predicted molar refractivity (Wildman–Crippen MR) is 118 cm³/mol. The minimum atomic E-state index is -0.945. The van der Waals surface area contributed by atoms with Gasteiger partial charge >= 0.3 is 0 Å². The summed E-state index contributed by atoms with van der Waals surface area (Å²) in [6.45, 7) is 2.62. The number of hydrogen-bond acceptors (Lipinski definition) is 7. The molecule has 0 radical (unpaired) electrons. The number of carbonyl (C=O) groups excluding carboxylic acids is 2. The van der Waals surface area contributed by atoms with E-state index in [4.69, 9.17) is 0 Å². The van der Waals surface area contributed by atoms with Gasteiger partial charge in [-0.3, -0.25) is 14.8 Å². The lowest BCUT2D eigenvalue weighted by Gasteiger charge is -2.39. The highest BCUT2D eigenvalue weighted by Crippen LogP contribution is 2.31. The largest absolute Gasteiger partial charge is 0.350 e. The number of halogens is 2. The van der Waals surface area contributed by atoms with Crippen LogP contribution in [0.3, 0.4) is 0 Å². The Morgan fingerprint density at radius 3 is 2.70 bits per heavy atom. The fourth-order valence-corrected chi connectivity index (χ4v) is 4.85. The molecule has 0 aromatic carbocycles. The van der Waals surface area contributed by atoms with E-state index in [9.17, 15) is 19.2 Å². The number of nitrogens with one attached hydrogen (secondary N) is 1. The van der Waals surface area contributed by atoms with Crippen molar-refractivity contribution in [2.75, 3.05) is 38.1 Å². The molecule has 2 atom stereocenters. The van der Waals surface area contributed by atoms with Crippen LogP contribution in [0.1, 0.15) is 50.5 Å². The number of hydrogen-bond donors (Lipinski definition) is 2. The van der Waals surface area contributed by atoms with E-state index in [1.165, 1.54) is 0 Å². The van der Waals surface area contributed by atoms with Crippen molar-refractivity contribution >= 4 is 18.1 Å². The number of aromatic nitrogens is 2. The zero-order valence-electron chi connectivity index (χ0n) is 19.3. The number of amides is 2. The van der Waals surface area contributed by atoms with Crippen LogP contribution in [-0.4, -0.2) is 76.7 Å². The molecular weight excluding hydrogens is 434 g/mol. The molecule has 2 heterocycles. The van der Waals surface area contributed by atoms with Gasteiger partial charge in [-0.05, 0) is 26.3 Å². The monoisotopic (exact) mass is 468 g/mol. The summed E-state index contributed by atoms with van der Waals surface area (Å²) in [5, 5.41) is 12.8. The Hall–Kier alpha value is -2.40. The molecule has 2 N–H and O–H groups in total. The van der Waals surface area contributed by atoms with Crippen LogP contribution in [0.5, 0.6) is 0 Å². The molecule has 1 aromatic rings. The minimum Gasteiger partial charge on any atom is -0.350 e. The molecule has 1 aromatic heterocycles. The molecule has 2 fully saturated rings. The smallest absolute Gasteiger partial charge is 0.233 e. The normalized spacial score (nSPS) is 20.6. The number of hydroxylamine groups is 2. The molecule has 0 spiro atoms. The van der Waals surface area contributed by atoms with Crippen molar-refractivity contribution in [2.45, 2.75) is 58.3 Å². The first kappa shape index (κ1) is 25.2. The Bertz CT molecular complexity index is 824. The van der Waals surface area contributed by atoms with Crippen LogP contribution in [0, 0.1) is 17.7 Å². The van der Waals surface area contributed by atoms with E-state index in [1.807, 2.05) is 14.0 Å². The lowest BCUT2D eigenvalue weighted by atomic mass is 9.92. The van der Waals surface area contributed by atoms with E-state index < -0.39 is 24.3 Å². The van der Waals surface area contributed by atoms with Crippen LogP contribution >= 0.6 is 0 Å². The quantitative estimate of drug-likeness (QED) is 0.307. The first-order valence-electron chi connectivity index (χ1n) is 11.6. The van der Waals surface area contributed by atoms with Crippen molar-refractivity contribution in [1.82, 2.24) is 25.2 Å². The average Bonchev–Trinajstić information content (AvgIpc) is 3.31. The number of anilines is 1. The van der Waals surface area contributed by atoms with E-state index in [0.717, 1.165) is 38.8 Å². The average molecular weight is 469 g/mol. The van der Waals surface area contributed by atoms with E-state index in [0.29, 0.717) is 23.9 Å². The first-order valence-corrected chi connectivity index (χ1v) is 11.6. The first-order chi connectivity index (χ1) is 15.8. The van der Waals surface area contributed by atoms with Crippen LogP contribution < -0.4 is 10.2 Å². The summed E-state index contributed by atoms with van der Waals surface area (Å²) in [7, 11) is 1.98. The summed E-state index contributed by atoms with van der Waals surface area (Å²) in [4.78, 5) is 35.7. The van der Waals surface area contributed by atoms with Crippen LogP contribution in [0.25, 0.3) is 0 Å². The molecule has 184 valence electrons. The summed E-state index contributed by atoms with van der Waals surface area (Å²) in [5.41, 5.74) is -0.0806. The van der Waals surface area contributed by atoms with Gasteiger partial charge in [-0.2, -0.15) is 0 Å². The zero-order chi connectivity index (χ0) is 24.0. The molecule has 0 bridgehead atoms. The predicted octanol–water partition coefficient (Wildman–Crippen LogP) is 1.89. The Balaban J connectivity index is 1.74. The van der Waals surface area contributed by atoms with Gasteiger partial charge < -0.3 is 15.1 Å². The standard InChI is InChI=1S/C22H34F2N6O3/c1-15-12-28(2)7-8-30(15)21-20(24)18(26-19(10-23)27-21)11-25-22(32)17(13-29(33)14-31)9-16-5-3-4-6-16/h14-17,33H,3-13H2,1-2H3,(H,25,32)/t15-,17-/m1/s1. The van der Waals surface area contributed by atoms with Gasteiger partial charge in [0.25, 0.3) is 0 Å². The van der Waals surface area contributed by atoms with E-state index in [1.54, 1.807) is 4.90 Å². The molecule has 2 amide bonds. The summed E-state index contributed by atoms with van der Waals surface area (Å²) in [5.74, 6) is -1.45. The second kappa shape index (κ2) is 11.6. The SMILES string of the molecule is C[C@@H]1CN(C)CCN1c1nc(CF)nc(CNC(=O)[C@H](CC2CCCC2)CN(O)C=O)c1F. The maximum atomic E-state index is 15.3. The number of rotatable bonds is 10. The lowest BCUT2D eigenvalue weighted by molar-refractivity contribution is -0.155. The van der Waals surface area contributed by atoms with Crippen molar-refractivity contribution in [3.8, 4) is 0 Å². The van der Waals surface area contributed by atoms with Gasteiger partial charge in [0.15, 0.2) is 17.5 Å². The van der Waals surface area contributed by atoms with Crippen LogP contribution in [0.4, 0.5) is 14.6 Å². The third-order valence-corrected chi connectivity index (χ3v) is 6.59. The summed E-state index contributed by atoms with van der Waals surface area (Å²) >= 11 is 0. The van der Waals surface area contributed by atoms with Gasteiger partial charge in [0, 0.05) is 25.7 Å². The van der Waals surface area contributed by atoms with Gasteiger partial charge in [-0.1, -0.05) is 25.7 Å². The number of likely N-dealkylation sites (N-methyl/N-ethyl adjacent to an activating group) is 1. The highest BCUT2D eigenvalue weighted by molar-refractivity contribution is 5.79. The lowest BCUT2D eigenvalue weighted by Crippen LogP contribution is -2.51. The molecule has 11 heteroatoms. The second-order valence-electron chi connectivity index (χ2n) is 9.19. The fraction of sp³-hybridized carbons (Fsp3) is 0.727. The number of piperazine rings is 1. The number of alkyl halides is 1. The van der Waals surface area contributed by atoms with Crippen LogP contribution in [-0.2, 0) is 22.8 Å². The van der Waals surface area contributed by atoms with Crippen molar-refractivity contribution in [2.24, 2.45) is 11.8 Å². The summed E-state index contributed by atoms with van der Waals surface area (Å²) in [6, 6.07) is -0.0160. The number of carbonyl (C=O) groups is 2. The molecule has 1 aliphatic heterocycles. The highest BCUT2D eigenvalue weighted by atomic mass is 19.1. The van der Waals surface area contributed by atoms with Gasteiger partial charge in [0.2, 0.25) is 12.3 Å².